The first kappa shape index (κ1) is 7.09. The van der Waals surface area contributed by atoms with E-state index in [1.54, 1.807) is 0 Å². The standard InChI is InChI=1S/C2H5N3O2S/c3-2(7)5-8-4-1-6/h1H,(H,4,6)(H3,3,5,7). The molecule has 0 saturated heterocycles. The van der Waals surface area contributed by atoms with Crippen molar-refractivity contribution < 1.29 is 9.59 Å². The van der Waals surface area contributed by atoms with Crippen molar-refractivity contribution in [2.24, 2.45) is 5.73 Å². The van der Waals surface area contributed by atoms with Gasteiger partial charge in [0.2, 0.25) is 6.41 Å². The molecular weight excluding hydrogens is 130 g/mol. The Labute approximate surface area is 50.3 Å². The van der Waals surface area contributed by atoms with Crippen molar-refractivity contribution >= 4 is 24.6 Å². The summed E-state index contributed by atoms with van der Waals surface area (Å²) in [5, 5.41) is 0. The molecule has 4 N–H and O–H groups in total. The first-order chi connectivity index (χ1) is 3.77. The normalized spacial score (nSPS) is 7.50. The monoisotopic (exact) mass is 135 g/mol. The minimum absolute atomic E-state index is 0.431. The fraction of sp³-hybridized carbons (Fsp3) is 0. The Hall–Kier alpha value is -0.910. The molecule has 0 unspecified atom stereocenters. The SMILES string of the molecule is NC(=O)NSNC=O. The van der Waals surface area contributed by atoms with Crippen molar-refractivity contribution in [2.75, 3.05) is 0 Å². The van der Waals surface area contributed by atoms with Gasteiger partial charge >= 0.3 is 6.03 Å². The molecule has 0 fully saturated rings. The smallest absolute Gasteiger partial charge is 0.323 e. The molecule has 0 bridgehead atoms. The number of nitrogens with one attached hydrogen (secondary N) is 2. The quantitative estimate of drug-likeness (QED) is 0.262. The topological polar surface area (TPSA) is 84.2 Å². The van der Waals surface area contributed by atoms with Gasteiger partial charge in [0.1, 0.15) is 0 Å². The van der Waals surface area contributed by atoms with Crippen LogP contribution in [-0.4, -0.2) is 12.4 Å². The van der Waals surface area contributed by atoms with E-state index < -0.39 is 6.03 Å². The Bertz CT molecular complexity index is 95.3. The molecule has 0 aromatic heterocycles. The van der Waals surface area contributed by atoms with E-state index in [2.05, 4.69) is 15.2 Å². The molecule has 0 aromatic carbocycles. The molecular formula is C2H5N3O2S. The number of hydrogen-bond acceptors (Lipinski definition) is 3. The van der Waals surface area contributed by atoms with E-state index in [1.165, 1.54) is 0 Å². The number of urea groups is 1. The highest BCUT2D eigenvalue weighted by Crippen LogP contribution is 1.76. The summed E-state index contributed by atoms with van der Waals surface area (Å²) >= 11 is 0.719. The maximum absolute atomic E-state index is 9.81. The van der Waals surface area contributed by atoms with E-state index in [4.69, 9.17) is 0 Å². The third-order valence-corrected chi connectivity index (χ3v) is 0.776. The van der Waals surface area contributed by atoms with Crippen molar-refractivity contribution in [2.45, 2.75) is 0 Å². The van der Waals surface area contributed by atoms with Crippen molar-refractivity contribution in [1.82, 2.24) is 9.44 Å². The van der Waals surface area contributed by atoms with Gasteiger partial charge in [-0.3, -0.25) is 14.2 Å². The third kappa shape index (κ3) is 5.09. The van der Waals surface area contributed by atoms with Crippen LogP contribution >= 0.6 is 12.1 Å². The molecule has 0 aliphatic heterocycles. The van der Waals surface area contributed by atoms with Crippen LogP contribution in [0.15, 0.2) is 0 Å². The summed E-state index contributed by atoms with van der Waals surface area (Å²) < 4.78 is 4.16. The molecule has 0 radical (unpaired) electrons. The van der Waals surface area contributed by atoms with Gasteiger partial charge in [-0.25, -0.2) is 4.79 Å². The Morgan fingerprint density at radius 1 is 1.75 bits per heavy atom. The Kier molecular flexibility index (Phi) is 3.77. The van der Waals surface area contributed by atoms with E-state index in [9.17, 15) is 9.59 Å². The van der Waals surface area contributed by atoms with Gasteiger partial charge in [0, 0.05) is 0 Å². The van der Waals surface area contributed by atoms with Crippen LogP contribution in [0.3, 0.4) is 0 Å². The Morgan fingerprint density at radius 2 is 2.38 bits per heavy atom. The average molecular weight is 135 g/mol. The fourth-order valence-electron chi connectivity index (χ4n) is 0.104. The number of carbonyl (C=O) groups is 2. The molecule has 8 heavy (non-hydrogen) atoms. The van der Waals surface area contributed by atoms with Crippen LogP contribution < -0.4 is 15.2 Å². The van der Waals surface area contributed by atoms with E-state index in [0.717, 1.165) is 12.1 Å². The maximum Gasteiger partial charge on any atom is 0.323 e. The molecule has 0 rings (SSSR count). The van der Waals surface area contributed by atoms with Crippen molar-refractivity contribution in [3.8, 4) is 0 Å². The van der Waals surface area contributed by atoms with Crippen LogP contribution in [0, 0.1) is 0 Å². The van der Waals surface area contributed by atoms with Crippen LogP contribution in [0.4, 0.5) is 4.79 Å². The summed E-state index contributed by atoms with van der Waals surface area (Å²) in [5.74, 6) is 0. The highest BCUT2D eigenvalue weighted by Gasteiger charge is 1.86. The molecule has 0 atom stereocenters. The van der Waals surface area contributed by atoms with Gasteiger partial charge in [-0.15, -0.1) is 0 Å². The maximum atomic E-state index is 9.81. The lowest BCUT2D eigenvalue weighted by Crippen LogP contribution is -2.26. The van der Waals surface area contributed by atoms with E-state index >= 15 is 0 Å². The summed E-state index contributed by atoms with van der Waals surface area (Å²) in [4.78, 5) is 19.3. The predicted molar refractivity (Wildman–Crippen MR) is 29.5 cm³/mol. The Morgan fingerprint density at radius 3 is 2.75 bits per heavy atom. The van der Waals surface area contributed by atoms with Gasteiger partial charge in [0.25, 0.3) is 0 Å². The molecule has 0 aliphatic rings. The van der Waals surface area contributed by atoms with Gasteiger partial charge in [-0.1, -0.05) is 0 Å². The number of nitrogens with two attached hydrogens (primary N) is 1. The summed E-state index contributed by atoms with van der Waals surface area (Å²) in [6.45, 7) is 0. The van der Waals surface area contributed by atoms with Crippen molar-refractivity contribution in [3.05, 3.63) is 0 Å². The highest BCUT2D eigenvalue weighted by molar-refractivity contribution is 7.96. The molecule has 0 heterocycles. The van der Waals surface area contributed by atoms with E-state index in [-0.39, 0.29) is 0 Å². The summed E-state index contributed by atoms with van der Waals surface area (Å²) in [6, 6.07) is -0.690. The zero-order valence-corrected chi connectivity index (χ0v) is 4.70. The van der Waals surface area contributed by atoms with Gasteiger partial charge in [-0.05, 0) is 0 Å². The number of amides is 3. The summed E-state index contributed by atoms with van der Waals surface area (Å²) in [7, 11) is 0. The van der Waals surface area contributed by atoms with Gasteiger partial charge in [0.05, 0.1) is 12.1 Å². The molecule has 0 spiro atoms. The first-order valence-electron chi connectivity index (χ1n) is 1.68. The van der Waals surface area contributed by atoms with E-state index in [1.807, 2.05) is 0 Å². The molecule has 3 amide bonds. The molecule has 0 aromatic rings. The second-order valence-corrected chi connectivity index (χ2v) is 1.45. The number of primary amides is 1. The predicted octanol–water partition coefficient (Wildman–Crippen LogP) is -1.04. The minimum atomic E-state index is -0.690. The van der Waals surface area contributed by atoms with Crippen LogP contribution in [0.25, 0.3) is 0 Å². The summed E-state index contributed by atoms with van der Waals surface area (Å²) in [6.07, 6.45) is 0.431. The minimum Gasteiger partial charge on any atom is -0.351 e. The first-order valence-corrected chi connectivity index (χ1v) is 2.49. The van der Waals surface area contributed by atoms with Crippen LogP contribution in [0.5, 0.6) is 0 Å². The lowest BCUT2D eigenvalue weighted by molar-refractivity contribution is -0.107. The molecule has 5 nitrogen and oxygen atoms in total. The lowest BCUT2D eigenvalue weighted by atomic mass is 11.2. The lowest BCUT2D eigenvalue weighted by Gasteiger charge is -1.93. The number of carbonyl (C=O) groups excluding carboxylic acids is 2. The zero-order chi connectivity index (χ0) is 6.41. The third-order valence-electron chi connectivity index (χ3n) is 0.259. The van der Waals surface area contributed by atoms with Crippen LogP contribution in [0.1, 0.15) is 0 Å². The largest absolute Gasteiger partial charge is 0.351 e. The molecule has 0 aliphatic carbocycles. The number of hydrogen-bond donors (Lipinski definition) is 3. The van der Waals surface area contributed by atoms with Gasteiger partial charge < -0.3 is 5.73 Å². The van der Waals surface area contributed by atoms with Gasteiger partial charge in [-0.2, -0.15) is 0 Å². The van der Waals surface area contributed by atoms with Crippen molar-refractivity contribution in [1.29, 1.82) is 0 Å². The summed E-state index contributed by atoms with van der Waals surface area (Å²) in [5.41, 5.74) is 4.61. The second-order valence-electron chi connectivity index (χ2n) is 0.804. The number of rotatable bonds is 3. The molecule has 0 saturated carbocycles. The zero-order valence-electron chi connectivity index (χ0n) is 3.88. The highest BCUT2D eigenvalue weighted by atomic mass is 32.2. The van der Waals surface area contributed by atoms with Gasteiger partial charge in [0.15, 0.2) is 0 Å². The second kappa shape index (κ2) is 4.25. The van der Waals surface area contributed by atoms with Crippen LogP contribution in [-0.2, 0) is 4.79 Å². The van der Waals surface area contributed by atoms with E-state index in [0.29, 0.717) is 6.41 Å². The Balaban J connectivity index is 2.93. The average Bonchev–Trinajstić information content (AvgIpc) is 1.66. The van der Waals surface area contributed by atoms with Crippen molar-refractivity contribution in [3.63, 3.8) is 0 Å². The fourth-order valence-corrected chi connectivity index (χ4v) is 0.311. The molecule has 46 valence electrons. The van der Waals surface area contributed by atoms with Crippen LogP contribution in [0.2, 0.25) is 0 Å². The molecule has 6 heteroatoms.